The lowest BCUT2D eigenvalue weighted by Gasteiger charge is -2.31. The van der Waals surface area contributed by atoms with Crippen molar-refractivity contribution in [2.75, 3.05) is 19.6 Å². The van der Waals surface area contributed by atoms with E-state index in [0.717, 1.165) is 13.1 Å². The average molecular weight is 266 g/mol. The summed E-state index contributed by atoms with van der Waals surface area (Å²) in [6, 6.07) is 6.04. The first-order valence-electron chi connectivity index (χ1n) is 6.50. The number of aliphatic hydroxyl groups excluding tert-OH is 1. The number of hydrogen-bond acceptors (Lipinski definition) is 3. The molecule has 104 valence electrons. The molecule has 0 saturated carbocycles. The van der Waals surface area contributed by atoms with Gasteiger partial charge in [0.25, 0.3) is 0 Å². The van der Waals surface area contributed by atoms with Crippen LogP contribution in [0.1, 0.15) is 18.6 Å². The second-order valence-electron chi connectivity index (χ2n) is 4.99. The Morgan fingerprint density at radius 3 is 2.79 bits per heavy atom. The lowest BCUT2D eigenvalue weighted by Crippen LogP contribution is -2.50. The van der Waals surface area contributed by atoms with Gasteiger partial charge in [0.05, 0.1) is 6.10 Å². The van der Waals surface area contributed by atoms with Gasteiger partial charge in [-0.3, -0.25) is 4.79 Å². The molecule has 1 amide bonds. The summed E-state index contributed by atoms with van der Waals surface area (Å²) in [7, 11) is 0. The molecule has 0 spiro atoms. The van der Waals surface area contributed by atoms with Crippen molar-refractivity contribution in [2.45, 2.75) is 13.0 Å². The zero-order valence-corrected chi connectivity index (χ0v) is 10.9. The highest BCUT2D eigenvalue weighted by molar-refractivity contribution is 5.78. The third kappa shape index (κ3) is 3.30. The van der Waals surface area contributed by atoms with Crippen LogP contribution in [0.15, 0.2) is 24.3 Å². The molecule has 2 atom stereocenters. The number of amides is 1. The van der Waals surface area contributed by atoms with Crippen LogP contribution in [0.5, 0.6) is 0 Å². The maximum atomic E-state index is 13.4. The van der Waals surface area contributed by atoms with Gasteiger partial charge in [-0.25, -0.2) is 4.39 Å². The van der Waals surface area contributed by atoms with E-state index in [-0.39, 0.29) is 23.9 Å². The smallest absolute Gasteiger partial charge is 0.223 e. The number of halogens is 1. The SMILES string of the molecule is CC(C(=O)NCC(O)c1ccccc1F)C1CNC1. The molecule has 0 aromatic heterocycles. The van der Waals surface area contributed by atoms with E-state index < -0.39 is 11.9 Å². The van der Waals surface area contributed by atoms with Crippen LogP contribution in [0.4, 0.5) is 4.39 Å². The maximum Gasteiger partial charge on any atom is 0.223 e. The molecule has 1 fully saturated rings. The first-order chi connectivity index (χ1) is 9.09. The number of aliphatic hydroxyl groups is 1. The van der Waals surface area contributed by atoms with Gasteiger partial charge in [-0.15, -0.1) is 0 Å². The highest BCUT2D eigenvalue weighted by Gasteiger charge is 2.28. The van der Waals surface area contributed by atoms with Crippen molar-refractivity contribution < 1.29 is 14.3 Å². The van der Waals surface area contributed by atoms with E-state index in [2.05, 4.69) is 10.6 Å². The van der Waals surface area contributed by atoms with Crippen molar-refractivity contribution in [1.82, 2.24) is 10.6 Å². The standard InChI is InChI=1S/C14H19FN2O2/c1-9(10-6-16-7-10)14(19)17-8-13(18)11-4-2-3-5-12(11)15/h2-5,9-10,13,16,18H,6-8H2,1H3,(H,17,19). The molecule has 1 aromatic carbocycles. The van der Waals surface area contributed by atoms with Crippen molar-refractivity contribution in [3.63, 3.8) is 0 Å². The van der Waals surface area contributed by atoms with Crippen LogP contribution < -0.4 is 10.6 Å². The second kappa shape index (κ2) is 6.12. The Kier molecular flexibility index (Phi) is 4.50. The molecule has 1 aliphatic rings. The zero-order valence-electron chi connectivity index (χ0n) is 10.9. The van der Waals surface area contributed by atoms with Crippen LogP contribution in [-0.4, -0.2) is 30.6 Å². The average Bonchev–Trinajstić information content (AvgIpc) is 2.34. The molecular weight excluding hydrogens is 247 g/mol. The first kappa shape index (κ1) is 14.0. The molecule has 4 nitrogen and oxygen atoms in total. The third-order valence-electron chi connectivity index (χ3n) is 3.67. The van der Waals surface area contributed by atoms with Gasteiger partial charge in [0, 0.05) is 18.0 Å². The maximum absolute atomic E-state index is 13.4. The quantitative estimate of drug-likeness (QED) is 0.740. The van der Waals surface area contributed by atoms with Gasteiger partial charge >= 0.3 is 0 Å². The fourth-order valence-electron chi connectivity index (χ4n) is 2.09. The van der Waals surface area contributed by atoms with E-state index in [1.165, 1.54) is 12.1 Å². The molecule has 0 aliphatic carbocycles. The van der Waals surface area contributed by atoms with E-state index in [1.54, 1.807) is 12.1 Å². The van der Waals surface area contributed by atoms with Crippen molar-refractivity contribution in [1.29, 1.82) is 0 Å². The molecule has 3 N–H and O–H groups in total. The van der Waals surface area contributed by atoms with Crippen LogP contribution >= 0.6 is 0 Å². The van der Waals surface area contributed by atoms with Gasteiger partial charge in [0.1, 0.15) is 5.82 Å². The Labute approximate surface area is 112 Å². The van der Waals surface area contributed by atoms with Crippen molar-refractivity contribution in [3.8, 4) is 0 Å². The molecule has 1 saturated heterocycles. The first-order valence-corrected chi connectivity index (χ1v) is 6.50. The minimum atomic E-state index is -1.02. The molecule has 0 radical (unpaired) electrons. The number of carbonyl (C=O) groups is 1. The topological polar surface area (TPSA) is 61.4 Å². The fourth-order valence-corrected chi connectivity index (χ4v) is 2.09. The number of hydrogen-bond donors (Lipinski definition) is 3. The molecule has 2 rings (SSSR count). The summed E-state index contributed by atoms with van der Waals surface area (Å²) in [6.45, 7) is 3.61. The van der Waals surface area contributed by atoms with Gasteiger partial charge in [-0.05, 0) is 25.1 Å². The van der Waals surface area contributed by atoms with Gasteiger partial charge < -0.3 is 15.7 Å². The summed E-state index contributed by atoms with van der Waals surface area (Å²) >= 11 is 0. The Balaban J connectivity index is 1.84. The van der Waals surface area contributed by atoms with E-state index >= 15 is 0 Å². The number of benzene rings is 1. The number of nitrogens with one attached hydrogen (secondary N) is 2. The lowest BCUT2D eigenvalue weighted by atomic mass is 9.88. The van der Waals surface area contributed by atoms with Gasteiger partial charge in [-0.2, -0.15) is 0 Å². The zero-order chi connectivity index (χ0) is 13.8. The van der Waals surface area contributed by atoms with Crippen LogP contribution in [0.25, 0.3) is 0 Å². The van der Waals surface area contributed by atoms with Crippen molar-refractivity contribution in [3.05, 3.63) is 35.6 Å². The minimum absolute atomic E-state index is 0.0320. The van der Waals surface area contributed by atoms with Crippen LogP contribution in [0.2, 0.25) is 0 Å². The van der Waals surface area contributed by atoms with E-state index in [1.807, 2.05) is 6.92 Å². The summed E-state index contributed by atoms with van der Waals surface area (Å²) in [5.74, 6) is -0.290. The Morgan fingerprint density at radius 1 is 1.53 bits per heavy atom. The van der Waals surface area contributed by atoms with E-state index in [9.17, 15) is 14.3 Å². The third-order valence-corrected chi connectivity index (χ3v) is 3.67. The molecule has 1 aliphatic heterocycles. The molecule has 2 unspecified atom stereocenters. The summed E-state index contributed by atoms with van der Waals surface area (Å²) < 4.78 is 13.4. The van der Waals surface area contributed by atoms with Crippen LogP contribution in [0.3, 0.4) is 0 Å². The highest BCUT2D eigenvalue weighted by atomic mass is 19.1. The van der Waals surface area contributed by atoms with E-state index in [0.29, 0.717) is 5.92 Å². The summed E-state index contributed by atoms with van der Waals surface area (Å²) in [6.07, 6.45) is -1.02. The Morgan fingerprint density at radius 2 is 2.21 bits per heavy atom. The molecule has 5 heteroatoms. The van der Waals surface area contributed by atoms with E-state index in [4.69, 9.17) is 0 Å². The Bertz CT molecular complexity index is 449. The van der Waals surface area contributed by atoms with Gasteiger partial charge in [0.2, 0.25) is 5.91 Å². The molecule has 1 heterocycles. The number of carbonyl (C=O) groups excluding carboxylic acids is 1. The predicted molar refractivity (Wildman–Crippen MR) is 69.9 cm³/mol. The number of rotatable bonds is 5. The second-order valence-corrected chi connectivity index (χ2v) is 4.99. The molecule has 0 bridgehead atoms. The Hall–Kier alpha value is -1.46. The minimum Gasteiger partial charge on any atom is -0.386 e. The monoisotopic (exact) mass is 266 g/mol. The van der Waals surface area contributed by atoms with Crippen molar-refractivity contribution in [2.24, 2.45) is 11.8 Å². The fraction of sp³-hybridized carbons (Fsp3) is 0.500. The van der Waals surface area contributed by atoms with Crippen molar-refractivity contribution >= 4 is 5.91 Å². The highest BCUT2D eigenvalue weighted by Crippen LogP contribution is 2.18. The predicted octanol–water partition coefficient (Wildman–Crippen LogP) is 0.831. The van der Waals surface area contributed by atoms with Crippen LogP contribution in [-0.2, 0) is 4.79 Å². The normalized spacial score (nSPS) is 18.5. The lowest BCUT2D eigenvalue weighted by molar-refractivity contribution is -0.127. The van der Waals surface area contributed by atoms with Crippen LogP contribution in [0, 0.1) is 17.7 Å². The summed E-state index contributed by atoms with van der Waals surface area (Å²) in [5.41, 5.74) is 0.209. The molecular formula is C14H19FN2O2. The van der Waals surface area contributed by atoms with Gasteiger partial charge in [-0.1, -0.05) is 25.1 Å². The summed E-state index contributed by atoms with van der Waals surface area (Å²) in [5, 5.41) is 15.7. The molecule has 1 aromatic rings. The summed E-state index contributed by atoms with van der Waals surface area (Å²) in [4.78, 5) is 11.9. The van der Waals surface area contributed by atoms with Gasteiger partial charge in [0.15, 0.2) is 0 Å². The largest absolute Gasteiger partial charge is 0.386 e. The molecule has 19 heavy (non-hydrogen) atoms.